The number of aliphatic carboxylic acids is 1. The lowest BCUT2D eigenvalue weighted by molar-refractivity contribution is -0.142. The van der Waals surface area contributed by atoms with Crippen molar-refractivity contribution in [3.05, 3.63) is 28.2 Å². The number of fused-ring (bicyclic) bond motifs is 1. The number of piperazine rings is 1. The zero-order chi connectivity index (χ0) is 19.8. The molecule has 1 aromatic rings. The summed E-state index contributed by atoms with van der Waals surface area (Å²) < 4.78 is 6.12. The summed E-state index contributed by atoms with van der Waals surface area (Å²) in [5, 5.41) is 13.2. The molecule has 0 bridgehead atoms. The highest BCUT2D eigenvalue weighted by Crippen LogP contribution is 2.42. The molecular weight excluding hydrogens is 450 g/mol. The highest BCUT2D eigenvalue weighted by atomic mass is 79.9. The number of benzene rings is 1. The third kappa shape index (κ3) is 4.36. The fraction of sp³-hybridized carbons (Fsp3) is 0.579. The minimum atomic E-state index is -1.10. The number of methoxy groups -OCH3 is 1. The summed E-state index contributed by atoms with van der Waals surface area (Å²) in [5.74, 6) is -1.01. The molecule has 1 aromatic carbocycles. The summed E-state index contributed by atoms with van der Waals surface area (Å²) in [7, 11) is 1.66. The SMILES string of the molecule is COC[C@H]1CN[C@H](C)CN1CC(=O)N1CC(C)(C(=O)O)c2ccc(Br)cc21.Cl. The average Bonchev–Trinajstić information content (AvgIpc) is 2.91. The maximum atomic E-state index is 13.2. The van der Waals surface area contributed by atoms with E-state index in [-0.39, 0.29) is 43.5 Å². The van der Waals surface area contributed by atoms with E-state index in [1.165, 1.54) is 0 Å². The van der Waals surface area contributed by atoms with Gasteiger partial charge in [-0.15, -0.1) is 12.4 Å². The zero-order valence-corrected chi connectivity index (χ0v) is 18.7. The monoisotopic (exact) mass is 475 g/mol. The lowest BCUT2D eigenvalue weighted by Gasteiger charge is -2.39. The number of rotatable bonds is 5. The van der Waals surface area contributed by atoms with Crippen molar-refractivity contribution in [2.45, 2.75) is 31.3 Å². The highest BCUT2D eigenvalue weighted by molar-refractivity contribution is 9.10. The Morgan fingerprint density at radius 3 is 2.79 bits per heavy atom. The second-order valence-corrected chi connectivity index (χ2v) is 8.54. The predicted octanol–water partition coefficient (Wildman–Crippen LogP) is 1.87. The van der Waals surface area contributed by atoms with Gasteiger partial charge in [0.2, 0.25) is 5.91 Å². The number of carbonyl (C=O) groups is 2. The number of nitrogens with one attached hydrogen (secondary N) is 1. The topological polar surface area (TPSA) is 82.1 Å². The number of amides is 1. The molecule has 9 heteroatoms. The first kappa shape index (κ1) is 23.1. The molecule has 156 valence electrons. The molecule has 0 spiro atoms. The summed E-state index contributed by atoms with van der Waals surface area (Å²) in [4.78, 5) is 28.8. The first-order valence-corrected chi connectivity index (χ1v) is 9.85. The summed E-state index contributed by atoms with van der Waals surface area (Å²) >= 11 is 3.43. The normalized spacial score (nSPS) is 27.2. The Balaban J connectivity index is 0.00000280. The Kier molecular flexibility index (Phi) is 7.50. The maximum absolute atomic E-state index is 13.2. The van der Waals surface area contributed by atoms with E-state index in [0.717, 1.165) is 17.6 Å². The van der Waals surface area contributed by atoms with E-state index < -0.39 is 11.4 Å². The summed E-state index contributed by atoms with van der Waals surface area (Å²) in [6, 6.07) is 5.84. The lowest BCUT2D eigenvalue weighted by Crippen LogP contribution is -2.59. The van der Waals surface area contributed by atoms with E-state index in [1.54, 1.807) is 25.0 Å². The molecule has 7 nitrogen and oxygen atoms in total. The number of carboxylic acid groups (broad SMARTS) is 1. The van der Waals surface area contributed by atoms with Crippen molar-refractivity contribution in [3.63, 3.8) is 0 Å². The fourth-order valence-electron chi connectivity index (χ4n) is 3.93. The van der Waals surface area contributed by atoms with E-state index in [4.69, 9.17) is 4.74 Å². The number of nitrogens with zero attached hydrogens (tertiary/aromatic N) is 2. The standard InChI is InChI=1S/C19H26BrN3O4.ClH/c1-12-8-22(14(7-21-12)10-27-3)9-17(24)23-11-19(2,18(25)26)15-5-4-13(20)6-16(15)23;/h4-6,12,14,21H,7-11H2,1-3H3,(H,25,26);1H/t12-,14-,19?;/m1./s1. The van der Waals surface area contributed by atoms with Crippen molar-refractivity contribution < 1.29 is 19.4 Å². The molecule has 0 aromatic heterocycles. The lowest BCUT2D eigenvalue weighted by atomic mass is 9.85. The van der Waals surface area contributed by atoms with Crippen LogP contribution in [0.5, 0.6) is 0 Å². The molecule has 1 saturated heterocycles. The molecule has 2 aliphatic rings. The smallest absolute Gasteiger partial charge is 0.315 e. The quantitative estimate of drug-likeness (QED) is 0.675. The number of carboxylic acids is 1. The molecule has 0 saturated carbocycles. The molecule has 1 amide bonds. The van der Waals surface area contributed by atoms with E-state index >= 15 is 0 Å². The van der Waals surface area contributed by atoms with Crippen molar-refractivity contribution >= 4 is 45.9 Å². The molecule has 3 atom stereocenters. The second-order valence-electron chi connectivity index (χ2n) is 7.63. The molecule has 2 heterocycles. The molecule has 2 N–H and O–H groups in total. The van der Waals surface area contributed by atoms with Crippen LogP contribution >= 0.6 is 28.3 Å². The Morgan fingerprint density at radius 1 is 1.43 bits per heavy atom. The summed E-state index contributed by atoms with van der Waals surface area (Å²) in [6.07, 6.45) is 0. The van der Waals surface area contributed by atoms with E-state index in [1.807, 2.05) is 12.1 Å². The highest BCUT2D eigenvalue weighted by Gasteiger charge is 2.47. The molecule has 0 aliphatic carbocycles. The molecule has 28 heavy (non-hydrogen) atoms. The molecule has 1 fully saturated rings. The van der Waals surface area contributed by atoms with Crippen LogP contribution in [0.3, 0.4) is 0 Å². The second kappa shape index (κ2) is 9.09. The van der Waals surface area contributed by atoms with Gasteiger partial charge >= 0.3 is 5.97 Å². The average molecular weight is 477 g/mol. The fourth-order valence-corrected chi connectivity index (χ4v) is 4.28. The van der Waals surface area contributed by atoms with Gasteiger partial charge in [0.05, 0.1) is 13.2 Å². The van der Waals surface area contributed by atoms with Crippen LogP contribution in [0.1, 0.15) is 19.4 Å². The first-order chi connectivity index (χ1) is 12.8. The van der Waals surface area contributed by atoms with E-state index in [0.29, 0.717) is 17.9 Å². The van der Waals surface area contributed by atoms with Crippen molar-refractivity contribution in [2.75, 3.05) is 44.8 Å². The number of hydrogen-bond acceptors (Lipinski definition) is 5. The number of halogens is 2. The van der Waals surface area contributed by atoms with Crippen LogP contribution in [-0.2, 0) is 19.7 Å². The molecule has 1 unspecified atom stereocenters. The van der Waals surface area contributed by atoms with Gasteiger partial charge in [-0.3, -0.25) is 14.5 Å². The number of ether oxygens (including phenoxy) is 1. The largest absolute Gasteiger partial charge is 0.481 e. The van der Waals surface area contributed by atoms with Crippen molar-refractivity contribution in [3.8, 4) is 0 Å². The van der Waals surface area contributed by atoms with Crippen molar-refractivity contribution in [2.24, 2.45) is 0 Å². The summed E-state index contributed by atoms with van der Waals surface area (Å²) in [6.45, 7) is 6.19. The Morgan fingerprint density at radius 2 is 2.14 bits per heavy atom. The van der Waals surface area contributed by atoms with Gasteiger partial charge in [-0.05, 0) is 31.5 Å². The van der Waals surface area contributed by atoms with Gasteiger partial charge in [0.25, 0.3) is 0 Å². The third-order valence-corrected chi connectivity index (χ3v) is 6.01. The van der Waals surface area contributed by atoms with Gasteiger partial charge in [-0.1, -0.05) is 22.0 Å². The van der Waals surface area contributed by atoms with Gasteiger partial charge in [-0.2, -0.15) is 0 Å². The third-order valence-electron chi connectivity index (χ3n) is 5.52. The van der Waals surface area contributed by atoms with Crippen molar-refractivity contribution in [1.82, 2.24) is 10.2 Å². The number of carbonyl (C=O) groups excluding carboxylic acids is 1. The number of hydrogen-bond donors (Lipinski definition) is 2. The minimum Gasteiger partial charge on any atom is -0.481 e. The zero-order valence-electron chi connectivity index (χ0n) is 16.3. The van der Waals surface area contributed by atoms with Crippen LogP contribution in [0.25, 0.3) is 0 Å². The predicted molar refractivity (Wildman–Crippen MR) is 113 cm³/mol. The Hall–Kier alpha value is -1.19. The van der Waals surface area contributed by atoms with Gasteiger partial charge in [0.15, 0.2) is 0 Å². The summed E-state index contributed by atoms with van der Waals surface area (Å²) in [5.41, 5.74) is 0.244. The maximum Gasteiger partial charge on any atom is 0.315 e. The Labute approximate surface area is 179 Å². The van der Waals surface area contributed by atoms with Crippen LogP contribution in [0, 0.1) is 0 Å². The van der Waals surface area contributed by atoms with Gasteiger partial charge in [0, 0.05) is 49.0 Å². The number of anilines is 1. The molecular formula is C19H27BrClN3O4. The molecule has 3 rings (SSSR count). The van der Waals surface area contributed by atoms with Crippen LogP contribution in [0.2, 0.25) is 0 Å². The molecule has 0 radical (unpaired) electrons. The van der Waals surface area contributed by atoms with Gasteiger partial charge < -0.3 is 20.1 Å². The van der Waals surface area contributed by atoms with E-state index in [9.17, 15) is 14.7 Å². The van der Waals surface area contributed by atoms with Crippen LogP contribution in [0.15, 0.2) is 22.7 Å². The first-order valence-electron chi connectivity index (χ1n) is 9.06. The van der Waals surface area contributed by atoms with Crippen LogP contribution in [0.4, 0.5) is 5.69 Å². The van der Waals surface area contributed by atoms with Crippen molar-refractivity contribution in [1.29, 1.82) is 0 Å². The van der Waals surface area contributed by atoms with Crippen LogP contribution < -0.4 is 10.2 Å². The van der Waals surface area contributed by atoms with Gasteiger partial charge in [0.1, 0.15) is 5.41 Å². The van der Waals surface area contributed by atoms with Gasteiger partial charge in [-0.25, -0.2) is 0 Å². The van der Waals surface area contributed by atoms with E-state index in [2.05, 4.69) is 33.1 Å². The van der Waals surface area contributed by atoms with Crippen LogP contribution in [-0.4, -0.2) is 73.9 Å². The Bertz CT molecular complexity index is 750. The molecule has 2 aliphatic heterocycles. The minimum absolute atomic E-state index is 0.